The molecule has 0 saturated carbocycles. The number of hydrogen-bond donors (Lipinski definition) is 2. The Balaban J connectivity index is 0.00000264. The van der Waals surface area contributed by atoms with Crippen molar-refractivity contribution in [1.82, 2.24) is 10.6 Å². The van der Waals surface area contributed by atoms with Crippen molar-refractivity contribution in [3.63, 3.8) is 0 Å². The maximum atomic E-state index is 12.2. The van der Waals surface area contributed by atoms with E-state index in [-0.39, 0.29) is 42.6 Å². The molecule has 1 aromatic carbocycles. The number of nitrogens with one attached hydrogen (secondary N) is 2. The van der Waals surface area contributed by atoms with Crippen LogP contribution in [0.1, 0.15) is 24.9 Å². The van der Waals surface area contributed by atoms with E-state index >= 15 is 0 Å². The van der Waals surface area contributed by atoms with Gasteiger partial charge in [-0.2, -0.15) is 8.78 Å². The van der Waals surface area contributed by atoms with E-state index in [0.29, 0.717) is 18.7 Å². The Morgan fingerprint density at radius 1 is 1.52 bits per heavy atom. The number of hydrogen-bond acceptors (Lipinski definition) is 4. The van der Waals surface area contributed by atoms with Crippen LogP contribution in [0.5, 0.6) is 5.75 Å². The third-order valence-electron chi connectivity index (χ3n) is 3.38. The molecule has 1 fully saturated rings. The Labute approximate surface area is 140 Å². The lowest BCUT2D eigenvalue weighted by molar-refractivity contribution is -0.125. The standard InChI is InChI=1S/C15H20F2N2O3.ClH/c1-10(11-3-2-4-12(7-11)22-15(16)17)19-14(20)8-13-9-18-5-6-21-13;/h2-4,7,10,13,15,18H,5-6,8-9H2,1H3,(H,19,20);1H. The average molecular weight is 351 g/mol. The number of amides is 1. The minimum Gasteiger partial charge on any atom is -0.435 e. The van der Waals surface area contributed by atoms with Crippen LogP contribution in [0.4, 0.5) is 8.78 Å². The monoisotopic (exact) mass is 350 g/mol. The van der Waals surface area contributed by atoms with E-state index in [1.54, 1.807) is 19.1 Å². The van der Waals surface area contributed by atoms with E-state index in [9.17, 15) is 13.6 Å². The summed E-state index contributed by atoms with van der Waals surface area (Å²) < 4.78 is 34.3. The Hall–Kier alpha value is -1.44. The van der Waals surface area contributed by atoms with Crippen LogP contribution >= 0.6 is 12.4 Å². The van der Waals surface area contributed by atoms with Crippen molar-refractivity contribution in [1.29, 1.82) is 0 Å². The second kappa shape index (κ2) is 9.64. The second-order valence-corrected chi connectivity index (χ2v) is 5.14. The summed E-state index contributed by atoms with van der Waals surface area (Å²) in [6, 6.07) is 6.01. The first kappa shape index (κ1) is 19.6. The fraction of sp³-hybridized carbons (Fsp3) is 0.533. The van der Waals surface area contributed by atoms with Gasteiger partial charge in [0.05, 0.1) is 25.2 Å². The molecule has 1 aromatic rings. The molecule has 5 nitrogen and oxygen atoms in total. The smallest absolute Gasteiger partial charge is 0.387 e. The summed E-state index contributed by atoms with van der Waals surface area (Å²) in [7, 11) is 0. The van der Waals surface area contributed by atoms with Gasteiger partial charge in [-0.3, -0.25) is 4.79 Å². The van der Waals surface area contributed by atoms with Crippen LogP contribution < -0.4 is 15.4 Å². The fourth-order valence-electron chi connectivity index (χ4n) is 2.30. The minimum absolute atomic E-state index is 0. The van der Waals surface area contributed by atoms with Gasteiger partial charge in [0.1, 0.15) is 5.75 Å². The number of rotatable bonds is 6. The number of ether oxygens (including phenoxy) is 2. The molecule has 1 amide bonds. The van der Waals surface area contributed by atoms with Crippen LogP contribution in [0.2, 0.25) is 0 Å². The summed E-state index contributed by atoms with van der Waals surface area (Å²) in [5, 5.41) is 5.99. The Kier molecular flexibility index (Phi) is 8.22. The molecule has 1 saturated heterocycles. The lowest BCUT2D eigenvalue weighted by atomic mass is 10.1. The third kappa shape index (κ3) is 6.68. The van der Waals surface area contributed by atoms with Gasteiger partial charge < -0.3 is 20.1 Å². The predicted octanol–water partition coefficient (Wildman–Crippen LogP) is 2.27. The molecule has 130 valence electrons. The minimum atomic E-state index is -2.86. The molecule has 23 heavy (non-hydrogen) atoms. The predicted molar refractivity (Wildman–Crippen MR) is 84.1 cm³/mol. The molecule has 8 heteroatoms. The highest BCUT2D eigenvalue weighted by Crippen LogP contribution is 2.20. The zero-order valence-corrected chi connectivity index (χ0v) is 13.6. The van der Waals surface area contributed by atoms with Gasteiger partial charge in [-0.05, 0) is 24.6 Å². The molecule has 1 heterocycles. The van der Waals surface area contributed by atoms with E-state index in [1.807, 2.05) is 0 Å². The largest absolute Gasteiger partial charge is 0.435 e. The van der Waals surface area contributed by atoms with Crippen LogP contribution in [0.25, 0.3) is 0 Å². The first-order valence-corrected chi connectivity index (χ1v) is 7.21. The lowest BCUT2D eigenvalue weighted by Gasteiger charge is -2.24. The van der Waals surface area contributed by atoms with Crippen LogP contribution in [0.15, 0.2) is 24.3 Å². The number of carbonyl (C=O) groups is 1. The SMILES string of the molecule is CC(NC(=O)CC1CNCCO1)c1cccc(OC(F)F)c1.Cl. The third-order valence-corrected chi connectivity index (χ3v) is 3.38. The Bertz CT molecular complexity index is 499. The fourth-order valence-corrected chi connectivity index (χ4v) is 2.30. The highest BCUT2D eigenvalue weighted by molar-refractivity contribution is 5.85. The van der Waals surface area contributed by atoms with Crippen molar-refractivity contribution in [3.05, 3.63) is 29.8 Å². The molecule has 2 unspecified atom stereocenters. The normalized spacial score (nSPS) is 18.9. The molecule has 1 aliphatic heterocycles. The van der Waals surface area contributed by atoms with E-state index in [2.05, 4.69) is 15.4 Å². The van der Waals surface area contributed by atoms with Crippen LogP contribution in [0, 0.1) is 0 Å². The summed E-state index contributed by atoms with van der Waals surface area (Å²) in [6.07, 6.45) is 0.138. The zero-order chi connectivity index (χ0) is 15.9. The molecule has 1 aliphatic rings. The first-order valence-electron chi connectivity index (χ1n) is 7.21. The molecule has 0 aromatic heterocycles. The van der Waals surface area contributed by atoms with Gasteiger partial charge in [0.25, 0.3) is 0 Å². The quantitative estimate of drug-likeness (QED) is 0.826. The molecule has 2 N–H and O–H groups in total. The maximum Gasteiger partial charge on any atom is 0.387 e. The Morgan fingerprint density at radius 3 is 2.96 bits per heavy atom. The second-order valence-electron chi connectivity index (χ2n) is 5.14. The van der Waals surface area contributed by atoms with Crippen LogP contribution in [-0.4, -0.2) is 38.3 Å². The van der Waals surface area contributed by atoms with Crippen molar-refractivity contribution in [2.45, 2.75) is 32.1 Å². The van der Waals surface area contributed by atoms with Crippen molar-refractivity contribution < 1.29 is 23.0 Å². The first-order chi connectivity index (χ1) is 10.5. The van der Waals surface area contributed by atoms with E-state index in [0.717, 1.165) is 6.54 Å². The molecule has 0 spiro atoms. The number of morpholine rings is 1. The number of alkyl halides is 2. The van der Waals surface area contributed by atoms with Gasteiger partial charge in [0.15, 0.2) is 0 Å². The molecule has 0 bridgehead atoms. The lowest BCUT2D eigenvalue weighted by Crippen LogP contribution is -2.41. The van der Waals surface area contributed by atoms with Gasteiger partial charge in [-0.1, -0.05) is 12.1 Å². The van der Waals surface area contributed by atoms with Crippen molar-refractivity contribution >= 4 is 18.3 Å². The molecule has 2 atom stereocenters. The summed E-state index contributed by atoms with van der Waals surface area (Å²) in [5.74, 6) is -0.0604. The molecule has 0 radical (unpaired) electrons. The molecule has 0 aliphatic carbocycles. The van der Waals surface area contributed by atoms with E-state index < -0.39 is 6.61 Å². The molecular formula is C15H21ClF2N2O3. The zero-order valence-electron chi connectivity index (χ0n) is 12.8. The van der Waals surface area contributed by atoms with Gasteiger partial charge in [0, 0.05) is 13.1 Å². The average Bonchev–Trinajstić information content (AvgIpc) is 2.47. The maximum absolute atomic E-state index is 12.2. The van der Waals surface area contributed by atoms with E-state index in [4.69, 9.17) is 4.74 Å². The molecule has 2 rings (SSSR count). The van der Waals surface area contributed by atoms with Crippen molar-refractivity contribution in [3.8, 4) is 5.75 Å². The van der Waals surface area contributed by atoms with Gasteiger partial charge in [0.2, 0.25) is 5.91 Å². The van der Waals surface area contributed by atoms with Gasteiger partial charge in [-0.25, -0.2) is 0 Å². The highest BCUT2D eigenvalue weighted by Gasteiger charge is 2.19. The van der Waals surface area contributed by atoms with E-state index in [1.165, 1.54) is 12.1 Å². The topological polar surface area (TPSA) is 59.6 Å². The summed E-state index contributed by atoms with van der Waals surface area (Å²) in [6.45, 7) is 0.973. The molecular weight excluding hydrogens is 330 g/mol. The van der Waals surface area contributed by atoms with Gasteiger partial charge >= 0.3 is 6.61 Å². The summed E-state index contributed by atoms with van der Waals surface area (Å²) in [4.78, 5) is 12.0. The van der Waals surface area contributed by atoms with Crippen LogP contribution in [0.3, 0.4) is 0 Å². The van der Waals surface area contributed by atoms with Gasteiger partial charge in [-0.15, -0.1) is 12.4 Å². The van der Waals surface area contributed by atoms with Crippen LogP contribution in [-0.2, 0) is 9.53 Å². The highest BCUT2D eigenvalue weighted by atomic mass is 35.5. The number of halogens is 3. The summed E-state index contributed by atoms with van der Waals surface area (Å²) >= 11 is 0. The van der Waals surface area contributed by atoms with Crippen molar-refractivity contribution in [2.75, 3.05) is 19.7 Å². The number of carbonyl (C=O) groups excluding carboxylic acids is 1. The Morgan fingerprint density at radius 2 is 2.30 bits per heavy atom. The van der Waals surface area contributed by atoms with Crippen molar-refractivity contribution in [2.24, 2.45) is 0 Å². The number of benzene rings is 1. The summed E-state index contributed by atoms with van der Waals surface area (Å²) in [5.41, 5.74) is 0.703.